The quantitative estimate of drug-likeness (QED) is 0.492. The number of carbonyl (C=O) groups excluding carboxylic acids is 1. The van der Waals surface area contributed by atoms with Gasteiger partial charge < -0.3 is 20.0 Å². The van der Waals surface area contributed by atoms with Gasteiger partial charge in [-0.1, -0.05) is 30.7 Å². The van der Waals surface area contributed by atoms with Crippen LogP contribution in [0.4, 0.5) is 0 Å². The summed E-state index contributed by atoms with van der Waals surface area (Å²) >= 11 is 1.60. The van der Waals surface area contributed by atoms with Crippen molar-refractivity contribution >= 4 is 17.2 Å². The summed E-state index contributed by atoms with van der Waals surface area (Å²) in [7, 11) is 2.21. The summed E-state index contributed by atoms with van der Waals surface area (Å²) in [6, 6.07) is 13.9. The largest absolute Gasteiger partial charge is 0.351 e. The minimum absolute atomic E-state index is 0.0676. The maximum Gasteiger partial charge on any atom is 0.261 e. The summed E-state index contributed by atoms with van der Waals surface area (Å²) in [5.74, 6) is 0.749. The van der Waals surface area contributed by atoms with Gasteiger partial charge in [-0.25, -0.2) is 0 Å². The molecular weight excluding hydrogens is 464 g/mol. The summed E-state index contributed by atoms with van der Waals surface area (Å²) in [5.41, 5.74) is 2.67. The predicted octanol–water partition coefficient (Wildman–Crippen LogP) is 5.29. The Morgan fingerprint density at radius 1 is 0.889 bits per heavy atom. The van der Waals surface area contributed by atoms with Crippen molar-refractivity contribution in [1.82, 2.24) is 20.0 Å². The third-order valence-electron chi connectivity index (χ3n) is 8.62. The molecule has 36 heavy (non-hydrogen) atoms. The molecular formula is C30H44N4OS. The Balaban J connectivity index is 1.02. The maximum atomic E-state index is 12.7. The van der Waals surface area contributed by atoms with Gasteiger partial charge in [0, 0.05) is 17.5 Å². The number of nitrogens with zero attached hydrogens (tertiary/aromatic N) is 3. The summed E-state index contributed by atoms with van der Waals surface area (Å²) in [6.07, 6.45) is 10.3. The van der Waals surface area contributed by atoms with Crippen molar-refractivity contribution < 1.29 is 4.79 Å². The second kappa shape index (κ2) is 12.7. The minimum atomic E-state index is 0.0676. The van der Waals surface area contributed by atoms with Crippen LogP contribution in [0.2, 0.25) is 0 Å². The summed E-state index contributed by atoms with van der Waals surface area (Å²) < 4.78 is 0. The van der Waals surface area contributed by atoms with E-state index in [0.29, 0.717) is 5.92 Å². The van der Waals surface area contributed by atoms with Crippen LogP contribution in [-0.4, -0.2) is 86.1 Å². The van der Waals surface area contributed by atoms with Gasteiger partial charge in [-0.15, -0.1) is 11.3 Å². The molecule has 0 bridgehead atoms. The van der Waals surface area contributed by atoms with Crippen molar-refractivity contribution in [2.45, 2.75) is 63.3 Å². The van der Waals surface area contributed by atoms with Crippen molar-refractivity contribution in [1.29, 1.82) is 0 Å². The van der Waals surface area contributed by atoms with Crippen LogP contribution in [0.3, 0.4) is 0 Å². The molecule has 1 aromatic carbocycles. The van der Waals surface area contributed by atoms with E-state index in [2.05, 4.69) is 57.4 Å². The highest BCUT2D eigenvalue weighted by Crippen LogP contribution is 2.32. The number of thiophene rings is 1. The summed E-state index contributed by atoms with van der Waals surface area (Å²) in [4.78, 5) is 22.4. The Morgan fingerprint density at radius 2 is 1.61 bits per heavy atom. The van der Waals surface area contributed by atoms with Crippen molar-refractivity contribution in [2.24, 2.45) is 0 Å². The number of rotatable bonds is 8. The smallest absolute Gasteiger partial charge is 0.261 e. The lowest BCUT2D eigenvalue weighted by Crippen LogP contribution is -2.47. The Kier molecular flexibility index (Phi) is 9.12. The van der Waals surface area contributed by atoms with Crippen molar-refractivity contribution in [3.63, 3.8) is 0 Å². The molecule has 1 amide bonds. The van der Waals surface area contributed by atoms with Gasteiger partial charge in [-0.3, -0.25) is 4.79 Å². The van der Waals surface area contributed by atoms with Gasteiger partial charge in [-0.2, -0.15) is 0 Å². The molecule has 196 valence electrons. The molecule has 0 unspecified atom stereocenters. The second-order valence-corrected chi connectivity index (χ2v) is 12.2. The van der Waals surface area contributed by atoms with Crippen molar-refractivity contribution in [3.05, 3.63) is 46.8 Å². The fourth-order valence-electron chi connectivity index (χ4n) is 6.26. The first-order valence-electron chi connectivity index (χ1n) is 14.3. The number of nitrogens with one attached hydrogen (secondary N) is 1. The van der Waals surface area contributed by atoms with E-state index < -0.39 is 0 Å². The second-order valence-electron chi connectivity index (χ2n) is 11.1. The van der Waals surface area contributed by atoms with E-state index in [4.69, 9.17) is 0 Å². The lowest BCUT2D eigenvalue weighted by atomic mass is 9.89. The zero-order chi connectivity index (χ0) is 24.7. The first-order valence-corrected chi connectivity index (χ1v) is 15.1. The topological polar surface area (TPSA) is 38.8 Å². The van der Waals surface area contributed by atoms with Gasteiger partial charge in [0.1, 0.15) is 0 Å². The van der Waals surface area contributed by atoms with Crippen LogP contribution in [0.15, 0.2) is 36.4 Å². The normalized spacial score (nSPS) is 21.6. The number of hydrogen-bond donors (Lipinski definition) is 1. The highest BCUT2D eigenvalue weighted by atomic mass is 32.1. The van der Waals surface area contributed by atoms with Gasteiger partial charge >= 0.3 is 0 Å². The lowest BCUT2D eigenvalue weighted by molar-refractivity contribution is 0.0904. The minimum Gasteiger partial charge on any atom is -0.351 e. The number of amides is 1. The highest BCUT2D eigenvalue weighted by Gasteiger charge is 2.25. The molecule has 3 aliphatic heterocycles. The zero-order valence-corrected chi connectivity index (χ0v) is 22.9. The maximum absolute atomic E-state index is 12.7. The Morgan fingerprint density at radius 3 is 2.33 bits per heavy atom. The standard InChI is InChI=1S/C30H44N4OS/c1-32-20-12-25(13-21-32)24-6-8-26(9-7-24)28-10-11-29(36-28)30(35)31-16-5-17-33-22-14-27(15-23-33)34-18-3-2-4-19-34/h6-11,25,27H,2-5,12-23H2,1H3,(H,31,35). The van der Waals surface area contributed by atoms with Gasteiger partial charge in [0.25, 0.3) is 5.91 Å². The fraction of sp³-hybridized carbons (Fsp3) is 0.633. The van der Waals surface area contributed by atoms with Gasteiger partial charge in [-0.05, 0) is 127 Å². The zero-order valence-electron chi connectivity index (χ0n) is 22.1. The van der Waals surface area contributed by atoms with Crippen LogP contribution in [0.5, 0.6) is 0 Å². The van der Waals surface area contributed by atoms with Crippen LogP contribution in [-0.2, 0) is 0 Å². The molecule has 5 nitrogen and oxygen atoms in total. The predicted molar refractivity (Wildman–Crippen MR) is 151 cm³/mol. The van der Waals surface area contributed by atoms with E-state index in [9.17, 15) is 4.79 Å². The molecule has 2 aromatic rings. The average molecular weight is 509 g/mol. The van der Waals surface area contributed by atoms with E-state index in [1.54, 1.807) is 11.3 Å². The summed E-state index contributed by atoms with van der Waals surface area (Å²) in [6.45, 7) is 9.26. The molecule has 3 aliphatic rings. The molecule has 0 atom stereocenters. The van der Waals surface area contributed by atoms with Gasteiger partial charge in [0.2, 0.25) is 0 Å². The number of hydrogen-bond acceptors (Lipinski definition) is 5. The number of carbonyl (C=O) groups is 1. The highest BCUT2D eigenvalue weighted by molar-refractivity contribution is 7.17. The van der Waals surface area contributed by atoms with Crippen molar-refractivity contribution in [3.8, 4) is 10.4 Å². The van der Waals surface area contributed by atoms with Crippen LogP contribution in [0.25, 0.3) is 10.4 Å². The van der Waals surface area contributed by atoms with E-state index in [1.807, 2.05) is 6.07 Å². The molecule has 0 radical (unpaired) electrons. The van der Waals surface area contributed by atoms with Crippen LogP contribution >= 0.6 is 11.3 Å². The molecule has 4 heterocycles. The average Bonchev–Trinajstić information content (AvgIpc) is 3.43. The number of benzene rings is 1. The molecule has 1 aromatic heterocycles. The summed E-state index contributed by atoms with van der Waals surface area (Å²) in [5, 5.41) is 3.15. The fourth-order valence-corrected chi connectivity index (χ4v) is 7.19. The molecule has 3 fully saturated rings. The van der Waals surface area contributed by atoms with E-state index >= 15 is 0 Å². The molecule has 1 N–H and O–H groups in total. The number of likely N-dealkylation sites (tertiary alicyclic amines) is 3. The van der Waals surface area contributed by atoms with Gasteiger partial charge in [0.15, 0.2) is 0 Å². The van der Waals surface area contributed by atoms with Crippen LogP contribution < -0.4 is 5.32 Å². The van der Waals surface area contributed by atoms with Crippen LogP contribution in [0.1, 0.15) is 72.5 Å². The first kappa shape index (κ1) is 25.9. The molecule has 3 saturated heterocycles. The first-order chi connectivity index (χ1) is 17.7. The molecule has 6 heteroatoms. The molecule has 5 rings (SSSR count). The SMILES string of the molecule is CN1CCC(c2ccc(-c3ccc(C(=O)NCCCN4CCC(N5CCCCC5)CC4)s3)cc2)CC1. The Hall–Kier alpha value is -1.73. The molecule has 0 spiro atoms. The van der Waals surface area contributed by atoms with Crippen LogP contribution in [0, 0.1) is 0 Å². The van der Waals surface area contributed by atoms with E-state index in [1.165, 1.54) is 100 Å². The van der Waals surface area contributed by atoms with Crippen molar-refractivity contribution in [2.75, 3.05) is 59.4 Å². The Labute approximate surface area is 221 Å². The molecule has 0 saturated carbocycles. The van der Waals surface area contributed by atoms with E-state index in [-0.39, 0.29) is 5.91 Å². The third kappa shape index (κ3) is 6.77. The monoisotopic (exact) mass is 508 g/mol. The van der Waals surface area contributed by atoms with E-state index in [0.717, 1.165) is 30.4 Å². The number of piperidine rings is 3. The van der Waals surface area contributed by atoms with Gasteiger partial charge in [0.05, 0.1) is 4.88 Å². The Bertz CT molecular complexity index is 952. The molecule has 0 aliphatic carbocycles. The lowest BCUT2D eigenvalue weighted by Gasteiger charge is -2.40. The third-order valence-corrected chi connectivity index (χ3v) is 9.75.